The fourth-order valence-corrected chi connectivity index (χ4v) is 4.10. The third kappa shape index (κ3) is 2.92. The maximum atomic E-state index is 13.1. The number of fused-ring (bicyclic) bond motifs is 1. The number of hydrogen-bond donors (Lipinski definition) is 0. The minimum absolute atomic E-state index is 0.000600. The van der Waals surface area contributed by atoms with Crippen LogP contribution in [0.5, 0.6) is 5.75 Å². The van der Waals surface area contributed by atoms with Gasteiger partial charge in [-0.1, -0.05) is 48.5 Å². The largest absolute Gasteiger partial charge is 0.497 e. The van der Waals surface area contributed by atoms with E-state index in [0.717, 1.165) is 16.9 Å². The number of allylic oxidation sites excluding steroid dienone is 1. The van der Waals surface area contributed by atoms with Crippen molar-refractivity contribution in [3.8, 4) is 5.75 Å². The Morgan fingerprint density at radius 3 is 2.46 bits per heavy atom. The molecule has 4 rings (SSSR count). The Kier molecular flexibility index (Phi) is 4.33. The number of likely N-dealkylation sites (tertiary alicyclic amines) is 1. The van der Waals surface area contributed by atoms with Crippen LogP contribution in [-0.2, 0) is 16.1 Å². The third-order valence-electron chi connectivity index (χ3n) is 5.35. The highest BCUT2D eigenvalue weighted by molar-refractivity contribution is 5.95. The maximum absolute atomic E-state index is 13.1. The quantitative estimate of drug-likeness (QED) is 0.850. The molecule has 1 heterocycles. The van der Waals surface area contributed by atoms with Gasteiger partial charge in [-0.05, 0) is 29.3 Å². The fraction of sp³-hybridized carbons (Fsp3) is 0.273. The van der Waals surface area contributed by atoms with Gasteiger partial charge < -0.3 is 9.64 Å². The molecule has 1 aliphatic heterocycles. The molecule has 3 atom stereocenters. The molecule has 0 radical (unpaired) electrons. The number of amides is 1. The number of nitrogens with zero attached hydrogens (tertiary/aromatic N) is 1. The number of carbonyl (C=O) groups is 2. The van der Waals surface area contributed by atoms with E-state index in [9.17, 15) is 9.59 Å². The van der Waals surface area contributed by atoms with Crippen molar-refractivity contribution in [3.63, 3.8) is 0 Å². The van der Waals surface area contributed by atoms with Gasteiger partial charge in [0.1, 0.15) is 5.75 Å². The van der Waals surface area contributed by atoms with Crippen molar-refractivity contribution in [2.75, 3.05) is 7.11 Å². The van der Waals surface area contributed by atoms with Crippen molar-refractivity contribution in [2.45, 2.75) is 19.0 Å². The van der Waals surface area contributed by atoms with Gasteiger partial charge in [0.05, 0.1) is 19.1 Å². The predicted octanol–water partition coefficient (Wildman–Crippen LogP) is 3.54. The summed E-state index contributed by atoms with van der Waals surface area (Å²) in [4.78, 5) is 27.0. The van der Waals surface area contributed by atoms with Gasteiger partial charge in [0.2, 0.25) is 5.91 Å². The Morgan fingerprint density at radius 1 is 1.04 bits per heavy atom. The van der Waals surface area contributed by atoms with Crippen molar-refractivity contribution in [3.05, 3.63) is 77.9 Å². The first kappa shape index (κ1) is 16.6. The lowest BCUT2D eigenvalue weighted by Gasteiger charge is -2.29. The van der Waals surface area contributed by atoms with Gasteiger partial charge in [-0.3, -0.25) is 9.59 Å². The highest BCUT2D eigenvalue weighted by Gasteiger charge is 2.48. The van der Waals surface area contributed by atoms with E-state index in [2.05, 4.69) is 0 Å². The van der Waals surface area contributed by atoms with Crippen LogP contribution in [0.1, 0.15) is 23.6 Å². The fourth-order valence-electron chi connectivity index (χ4n) is 4.10. The van der Waals surface area contributed by atoms with Gasteiger partial charge in [0.15, 0.2) is 5.78 Å². The van der Waals surface area contributed by atoms with Gasteiger partial charge in [-0.2, -0.15) is 0 Å². The molecule has 0 spiro atoms. The molecule has 0 aromatic heterocycles. The zero-order valence-corrected chi connectivity index (χ0v) is 14.7. The molecule has 1 fully saturated rings. The molecule has 2 aromatic rings. The Balaban J connectivity index is 1.69. The summed E-state index contributed by atoms with van der Waals surface area (Å²) in [6, 6.07) is 17.7. The normalized spacial score (nSPS) is 24.7. The van der Waals surface area contributed by atoms with Crippen LogP contribution in [0.2, 0.25) is 0 Å². The highest BCUT2D eigenvalue weighted by Crippen LogP contribution is 2.46. The standard InChI is InChI=1S/C22H21NO3/c1-26-18-10-7-15(8-11-18)14-23-21(16-5-3-2-4-6-16)20-13-17(24)9-12-19(20)22(23)25/h2-12,19-21H,13-14H2,1H3/t19-,20+,21-/m0/s1. The van der Waals surface area contributed by atoms with Gasteiger partial charge in [-0.15, -0.1) is 0 Å². The summed E-state index contributed by atoms with van der Waals surface area (Å²) < 4.78 is 5.21. The summed E-state index contributed by atoms with van der Waals surface area (Å²) in [5, 5.41) is 0. The lowest BCUT2D eigenvalue weighted by atomic mass is 9.80. The molecule has 2 aliphatic rings. The Hall–Kier alpha value is -2.88. The number of hydrogen-bond acceptors (Lipinski definition) is 3. The summed E-state index contributed by atoms with van der Waals surface area (Å²) in [5.41, 5.74) is 2.14. The number of ether oxygens (including phenoxy) is 1. The second-order valence-electron chi connectivity index (χ2n) is 6.89. The van der Waals surface area contributed by atoms with Crippen LogP contribution in [0.4, 0.5) is 0 Å². The summed E-state index contributed by atoms with van der Waals surface area (Å²) in [6.07, 6.45) is 3.78. The molecule has 1 aliphatic carbocycles. The minimum atomic E-state index is -0.212. The van der Waals surface area contributed by atoms with E-state index in [0.29, 0.717) is 13.0 Å². The lowest BCUT2D eigenvalue weighted by molar-refractivity contribution is -0.131. The molecule has 4 nitrogen and oxygen atoms in total. The number of rotatable bonds is 4. The molecule has 0 N–H and O–H groups in total. The van der Waals surface area contributed by atoms with Crippen molar-refractivity contribution in [1.29, 1.82) is 0 Å². The number of benzene rings is 2. The van der Waals surface area contributed by atoms with Gasteiger partial charge in [0, 0.05) is 18.9 Å². The second-order valence-corrected chi connectivity index (χ2v) is 6.89. The average Bonchev–Trinajstić information content (AvgIpc) is 2.94. The smallest absolute Gasteiger partial charge is 0.230 e. The SMILES string of the molecule is COc1ccc(CN2C(=O)[C@H]3C=CC(=O)C[C@H]3[C@@H]2c2ccccc2)cc1. The molecule has 2 aromatic carbocycles. The van der Waals surface area contributed by atoms with E-state index >= 15 is 0 Å². The first-order valence-electron chi connectivity index (χ1n) is 8.87. The molecule has 0 saturated carbocycles. The van der Waals surface area contributed by atoms with Crippen molar-refractivity contribution >= 4 is 11.7 Å². The molecule has 1 amide bonds. The predicted molar refractivity (Wildman–Crippen MR) is 98.5 cm³/mol. The summed E-state index contributed by atoms with van der Waals surface area (Å²) in [5.74, 6) is 0.787. The number of methoxy groups -OCH3 is 1. The molecule has 4 heteroatoms. The van der Waals surface area contributed by atoms with Crippen LogP contribution in [0.15, 0.2) is 66.7 Å². The van der Waals surface area contributed by atoms with Crippen LogP contribution in [0.3, 0.4) is 0 Å². The van der Waals surface area contributed by atoms with Crippen LogP contribution < -0.4 is 4.74 Å². The second kappa shape index (κ2) is 6.79. The van der Waals surface area contributed by atoms with Crippen molar-refractivity contribution < 1.29 is 14.3 Å². The van der Waals surface area contributed by atoms with Crippen LogP contribution in [0.25, 0.3) is 0 Å². The van der Waals surface area contributed by atoms with Crippen LogP contribution in [-0.4, -0.2) is 23.7 Å². The zero-order chi connectivity index (χ0) is 18.1. The Bertz CT molecular complexity index is 841. The monoisotopic (exact) mass is 347 g/mol. The average molecular weight is 347 g/mol. The van der Waals surface area contributed by atoms with Gasteiger partial charge in [-0.25, -0.2) is 0 Å². The van der Waals surface area contributed by atoms with Crippen molar-refractivity contribution in [2.24, 2.45) is 11.8 Å². The van der Waals surface area contributed by atoms with Gasteiger partial charge in [0.25, 0.3) is 0 Å². The topological polar surface area (TPSA) is 46.6 Å². The van der Waals surface area contributed by atoms with Crippen LogP contribution >= 0.6 is 0 Å². The molecular weight excluding hydrogens is 326 g/mol. The van der Waals surface area contributed by atoms with E-state index in [4.69, 9.17) is 4.74 Å². The highest BCUT2D eigenvalue weighted by atomic mass is 16.5. The van der Waals surface area contributed by atoms with E-state index in [1.165, 1.54) is 0 Å². The lowest BCUT2D eigenvalue weighted by Crippen LogP contribution is -2.29. The van der Waals surface area contributed by atoms with E-state index in [1.54, 1.807) is 19.3 Å². The summed E-state index contributed by atoms with van der Waals surface area (Å²) in [6.45, 7) is 0.525. The zero-order valence-electron chi connectivity index (χ0n) is 14.7. The van der Waals surface area contributed by atoms with Gasteiger partial charge >= 0.3 is 0 Å². The van der Waals surface area contributed by atoms with Crippen LogP contribution in [0, 0.1) is 11.8 Å². The molecule has 0 unspecified atom stereocenters. The van der Waals surface area contributed by atoms with E-state index in [1.807, 2.05) is 59.5 Å². The molecule has 0 bridgehead atoms. The van der Waals surface area contributed by atoms with E-state index < -0.39 is 0 Å². The third-order valence-corrected chi connectivity index (χ3v) is 5.35. The Labute approximate surface area is 153 Å². The molecule has 1 saturated heterocycles. The summed E-state index contributed by atoms with van der Waals surface area (Å²) >= 11 is 0. The summed E-state index contributed by atoms with van der Waals surface area (Å²) in [7, 11) is 1.64. The first-order chi connectivity index (χ1) is 12.7. The molecule has 132 valence electrons. The number of carbonyl (C=O) groups excluding carboxylic acids is 2. The Morgan fingerprint density at radius 2 is 1.77 bits per heavy atom. The minimum Gasteiger partial charge on any atom is -0.497 e. The first-order valence-corrected chi connectivity index (χ1v) is 8.87. The molecule has 26 heavy (non-hydrogen) atoms. The van der Waals surface area contributed by atoms with E-state index in [-0.39, 0.29) is 29.6 Å². The number of ketones is 1. The molecular formula is C22H21NO3. The maximum Gasteiger partial charge on any atom is 0.230 e. The van der Waals surface area contributed by atoms with Crippen molar-refractivity contribution in [1.82, 2.24) is 4.90 Å².